The third-order valence-corrected chi connectivity index (χ3v) is 3.43. The number of para-hydroxylation sites is 1. The molecule has 0 radical (unpaired) electrons. The van der Waals surface area contributed by atoms with E-state index in [0.29, 0.717) is 5.02 Å². The highest BCUT2D eigenvalue weighted by Crippen LogP contribution is 2.36. The van der Waals surface area contributed by atoms with Gasteiger partial charge in [0.05, 0.1) is 12.6 Å². The molecule has 0 saturated carbocycles. The van der Waals surface area contributed by atoms with E-state index in [2.05, 4.69) is 0 Å². The van der Waals surface area contributed by atoms with E-state index in [0.717, 1.165) is 16.9 Å². The van der Waals surface area contributed by atoms with Crippen molar-refractivity contribution in [2.45, 2.75) is 12.5 Å². The van der Waals surface area contributed by atoms with Crippen molar-refractivity contribution in [1.29, 1.82) is 0 Å². The molecule has 2 rings (SSSR count). The monoisotopic (exact) mass is 261 g/mol. The normalized spacial score (nSPS) is 14.0. The van der Waals surface area contributed by atoms with Crippen LogP contribution in [0, 0.1) is 0 Å². The van der Waals surface area contributed by atoms with Crippen LogP contribution in [0.4, 0.5) is 0 Å². The topological polar surface area (TPSA) is 35.2 Å². The van der Waals surface area contributed by atoms with Crippen molar-refractivity contribution >= 4 is 11.6 Å². The van der Waals surface area contributed by atoms with Crippen molar-refractivity contribution in [2.24, 2.45) is 5.73 Å². The molecule has 2 aromatic carbocycles. The summed E-state index contributed by atoms with van der Waals surface area (Å²) in [4.78, 5) is 0. The van der Waals surface area contributed by atoms with E-state index in [4.69, 9.17) is 22.1 Å². The first-order valence-electron chi connectivity index (χ1n) is 5.74. The van der Waals surface area contributed by atoms with Crippen LogP contribution in [-0.4, -0.2) is 7.11 Å². The second-order valence-electron chi connectivity index (χ2n) is 4.38. The molecule has 0 bridgehead atoms. The van der Waals surface area contributed by atoms with E-state index in [-0.39, 0.29) is 0 Å². The molecule has 1 atom stereocenters. The van der Waals surface area contributed by atoms with Crippen LogP contribution in [0.25, 0.3) is 0 Å². The molecular weight excluding hydrogens is 246 g/mol. The lowest BCUT2D eigenvalue weighted by atomic mass is 9.85. The zero-order chi connectivity index (χ0) is 13.2. The molecule has 2 aromatic rings. The molecule has 0 amide bonds. The zero-order valence-corrected chi connectivity index (χ0v) is 11.2. The van der Waals surface area contributed by atoms with Gasteiger partial charge in [-0.3, -0.25) is 0 Å². The van der Waals surface area contributed by atoms with Gasteiger partial charge in [0.2, 0.25) is 0 Å². The summed E-state index contributed by atoms with van der Waals surface area (Å²) < 4.78 is 5.37. The minimum absolute atomic E-state index is 0.661. The average molecular weight is 262 g/mol. The van der Waals surface area contributed by atoms with Gasteiger partial charge in [0.25, 0.3) is 0 Å². The molecule has 2 nitrogen and oxygen atoms in total. The molecule has 0 aliphatic heterocycles. The Bertz CT molecular complexity index is 552. The first-order chi connectivity index (χ1) is 8.57. The van der Waals surface area contributed by atoms with Gasteiger partial charge in [-0.25, -0.2) is 0 Å². The van der Waals surface area contributed by atoms with Gasteiger partial charge < -0.3 is 10.5 Å². The van der Waals surface area contributed by atoms with Crippen LogP contribution in [0.1, 0.15) is 18.1 Å². The van der Waals surface area contributed by atoms with Crippen LogP contribution < -0.4 is 10.5 Å². The minimum atomic E-state index is -0.690. The third kappa shape index (κ3) is 2.22. The van der Waals surface area contributed by atoms with Gasteiger partial charge in [-0.2, -0.15) is 0 Å². The Morgan fingerprint density at radius 1 is 1.00 bits per heavy atom. The fourth-order valence-electron chi connectivity index (χ4n) is 2.10. The van der Waals surface area contributed by atoms with Crippen LogP contribution in [0.3, 0.4) is 0 Å². The molecule has 3 heteroatoms. The first kappa shape index (κ1) is 12.9. The summed E-state index contributed by atoms with van der Waals surface area (Å²) in [6.45, 7) is 1.94. The zero-order valence-electron chi connectivity index (χ0n) is 10.5. The Labute approximate surface area is 112 Å². The quantitative estimate of drug-likeness (QED) is 0.917. The molecule has 2 N–H and O–H groups in total. The van der Waals surface area contributed by atoms with Crippen molar-refractivity contribution in [3.8, 4) is 5.75 Å². The maximum absolute atomic E-state index is 6.47. The largest absolute Gasteiger partial charge is 0.496 e. The first-order valence-corrected chi connectivity index (χ1v) is 6.12. The predicted octanol–water partition coefficient (Wildman–Crippen LogP) is 3.57. The van der Waals surface area contributed by atoms with Crippen LogP contribution in [0.5, 0.6) is 5.75 Å². The minimum Gasteiger partial charge on any atom is -0.496 e. The number of hydrogen-bond acceptors (Lipinski definition) is 2. The number of methoxy groups -OCH3 is 1. The smallest absolute Gasteiger partial charge is 0.124 e. The lowest BCUT2D eigenvalue weighted by Crippen LogP contribution is -2.35. The van der Waals surface area contributed by atoms with Crippen LogP contribution in [0.2, 0.25) is 5.02 Å². The standard InChI is InChI=1S/C15H16ClNO/c1-15(17,11-7-3-5-9-13(11)16)12-8-4-6-10-14(12)18-2/h3-10H,17H2,1-2H3. The Morgan fingerprint density at radius 3 is 2.17 bits per heavy atom. The van der Waals surface area contributed by atoms with Gasteiger partial charge in [0.1, 0.15) is 5.75 Å². The van der Waals surface area contributed by atoms with Crippen molar-refractivity contribution in [3.05, 3.63) is 64.7 Å². The molecule has 0 heterocycles. The van der Waals surface area contributed by atoms with Crippen LogP contribution in [0.15, 0.2) is 48.5 Å². The molecule has 0 aliphatic carbocycles. The number of rotatable bonds is 3. The summed E-state index contributed by atoms with van der Waals surface area (Å²) in [6.07, 6.45) is 0. The molecular formula is C15H16ClNO. The van der Waals surface area contributed by atoms with E-state index < -0.39 is 5.54 Å². The van der Waals surface area contributed by atoms with E-state index >= 15 is 0 Å². The number of halogens is 1. The van der Waals surface area contributed by atoms with E-state index in [1.54, 1.807) is 7.11 Å². The summed E-state index contributed by atoms with van der Waals surface area (Å²) in [6, 6.07) is 15.3. The summed E-state index contributed by atoms with van der Waals surface area (Å²) >= 11 is 6.23. The molecule has 0 saturated heterocycles. The molecule has 0 fully saturated rings. The second-order valence-corrected chi connectivity index (χ2v) is 4.79. The Morgan fingerprint density at radius 2 is 1.56 bits per heavy atom. The second kappa shape index (κ2) is 5.01. The van der Waals surface area contributed by atoms with E-state index in [1.165, 1.54) is 0 Å². The average Bonchev–Trinajstić information content (AvgIpc) is 2.39. The van der Waals surface area contributed by atoms with Gasteiger partial charge >= 0.3 is 0 Å². The van der Waals surface area contributed by atoms with Crippen molar-refractivity contribution in [2.75, 3.05) is 7.11 Å². The summed E-state index contributed by atoms with van der Waals surface area (Å²) in [7, 11) is 1.64. The van der Waals surface area contributed by atoms with Gasteiger partial charge in [0, 0.05) is 10.6 Å². The maximum Gasteiger partial charge on any atom is 0.124 e. The Hall–Kier alpha value is -1.51. The van der Waals surface area contributed by atoms with Crippen molar-refractivity contribution in [3.63, 3.8) is 0 Å². The van der Waals surface area contributed by atoms with Gasteiger partial charge in [-0.1, -0.05) is 48.0 Å². The SMILES string of the molecule is COc1ccccc1C(C)(N)c1ccccc1Cl. The number of nitrogens with two attached hydrogens (primary N) is 1. The molecule has 0 spiro atoms. The molecule has 1 unspecified atom stereocenters. The summed E-state index contributed by atoms with van der Waals surface area (Å²) in [5.74, 6) is 0.766. The lowest BCUT2D eigenvalue weighted by Gasteiger charge is -2.28. The fraction of sp³-hybridized carbons (Fsp3) is 0.200. The predicted molar refractivity (Wildman–Crippen MR) is 75.1 cm³/mol. The molecule has 94 valence electrons. The molecule has 0 aromatic heterocycles. The molecule has 18 heavy (non-hydrogen) atoms. The fourth-order valence-corrected chi connectivity index (χ4v) is 2.43. The molecule has 0 aliphatic rings. The highest BCUT2D eigenvalue weighted by Gasteiger charge is 2.28. The van der Waals surface area contributed by atoms with Crippen LogP contribution in [-0.2, 0) is 5.54 Å². The highest BCUT2D eigenvalue weighted by molar-refractivity contribution is 6.31. The van der Waals surface area contributed by atoms with Crippen molar-refractivity contribution in [1.82, 2.24) is 0 Å². The van der Waals surface area contributed by atoms with Crippen LogP contribution >= 0.6 is 11.6 Å². The third-order valence-electron chi connectivity index (χ3n) is 3.10. The van der Waals surface area contributed by atoms with Gasteiger partial charge in [-0.15, -0.1) is 0 Å². The van der Waals surface area contributed by atoms with Crippen molar-refractivity contribution < 1.29 is 4.74 Å². The number of hydrogen-bond donors (Lipinski definition) is 1. The maximum atomic E-state index is 6.47. The summed E-state index contributed by atoms with van der Waals surface area (Å²) in [5.41, 5.74) is 7.59. The Balaban J connectivity index is 2.58. The Kier molecular flexibility index (Phi) is 3.60. The van der Waals surface area contributed by atoms with Gasteiger partial charge in [0.15, 0.2) is 0 Å². The number of benzene rings is 2. The van der Waals surface area contributed by atoms with E-state index in [9.17, 15) is 0 Å². The van der Waals surface area contributed by atoms with E-state index in [1.807, 2.05) is 55.5 Å². The highest BCUT2D eigenvalue weighted by atomic mass is 35.5. The number of ether oxygens (including phenoxy) is 1. The lowest BCUT2D eigenvalue weighted by molar-refractivity contribution is 0.399. The van der Waals surface area contributed by atoms with Gasteiger partial charge in [-0.05, 0) is 24.6 Å². The summed E-state index contributed by atoms with van der Waals surface area (Å²) in [5, 5.41) is 0.661.